The van der Waals surface area contributed by atoms with Gasteiger partial charge < -0.3 is 20.1 Å². The minimum absolute atomic E-state index is 0. The maximum absolute atomic E-state index is 5.95. The van der Waals surface area contributed by atoms with Gasteiger partial charge in [0.15, 0.2) is 5.96 Å². The number of nitrogens with one attached hydrogen (secondary N) is 2. The Morgan fingerprint density at radius 1 is 1.15 bits per heavy atom. The number of halogens is 1. The fourth-order valence-corrected chi connectivity index (χ4v) is 3.21. The standard InChI is InChI=1S/C20H33N3O2.HI/c1-16-12-17(14-19(13-16)24-3)15-23-20(21-2)22-10-7-11-25-18-8-5-4-6-9-18;/h12-14,18H,4-11,15H2,1-3H3,(H2,21,22,23);1H. The summed E-state index contributed by atoms with van der Waals surface area (Å²) in [4.78, 5) is 4.28. The van der Waals surface area contributed by atoms with Gasteiger partial charge in [-0.05, 0) is 49.4 Å². The maximum atomic E-state index is 5.95. The molecule has 1 aromatic rings. The van der Waals surface area contributed by atoms with Gasteiger partial charge in [0, 0.05) is 26.7 Å². The largest absolute Gasteiger partial charge is 0.497 e. The van der Waals surface area contributed by atoms with Crippen LogP contribution in [0.5, 0.6) is 5.75 Å². The first-order valence-corrected chi connectivity index (χ1v) is 9.42. The summed E-state index contributed by atoms with van der Waals surface area (Å²) in [5.74, 6) is 1.71. The molecule has 2 rings (SSSR count). The summed E-state index contributed by atoms with van der Waals surface area (Å²) in [5.41, 5.74) is 2.37. The topological polar surface area (TPSA) is 54.9 Å². The van der Waals surface area contributed by atoms with Gasteiger partial charge in [-0.1, -0.05) is 25.3 Å². The van der Waals surface area contributed by atoms with Crippen LogP contribution >= 0.6 is 24.0 Å². The molecule has 0 aliphatic heterocycles. The molecule has 0 saturated heterocycles. The Labute approximate surface area is 175 Å². The molecule has 5 nitrogen and oxygen atoms in total. The third-order valence-electron chi connectivity index (χ3n) is 4.55. The van der Waals surface area contributed by atoms with E-state index in [0.717, 1.165) is 37.8 Å². The van der Waals surface area contributed by atoms with E-state index in [1.54, 1.807) is 14.2 Å². The van der Waals surface area contributed by atoms with Crippen molar-refractivity contribution < 1.29 is 9.47 Å². The van der Waals surface area contributed by atoms with Crippen LogP contribution in [0.2, 0.25) is 0 Å². The molecule has 2 N–H and O–H groups in total. The molecule has 0 aromatic heterocycles. The van der Waals surface area contributed by atoms with Crippen molar-refractivity contribution in [2.24, 2.45) is 4.99 Å². The van der Waals surface area contributed by atoms with Crippen LogP contribution in [0.15, 0.2) is 23.2 Å². The minimum Gasteiger partial charge on any atom is -0.497 e. The number of benzene rings is 1. The Bertz CT molecular complexity index is 546. The summed E-state index contributed by atoms with van der Waals surface area (Å²) in [6, 6.07) is 6.23. The predicted molar refractivity (Wildman–Crippen MR) is 119 cm³/mol. The van der Waals surface area contributed by atoms with Gasteiger partial charge in [-0.25, -0.2) is 0 Å². The number of methoxy groups -OCH3 is 1. The highest BCUT2D eigenvalue weighted by molar-refractivity contribution is 14.0. The SMILES string of the molecule is CN=C(NCCCOC1CCCCC1)NCc1cc(C)cc(OC)c1.I. The van der Waals surface area contributed by atoms with Gasteiger partial charge in [0.2, 0.25) is 0 Å². The van der Waals surface area contributed by atoms with E-state index in [9.17, 15) is 0 Å². The van der Waals surface area contributed by atoms with Crippen molar-refractivity contribution in [1.82, 2.24) is 10.6 Å². The van der Waals surface area contributed by atoms with E-state index < -0.39 is 0 Å². The molecular weight excluding hydrogens is 441 g/mol. The zero-order valence-corrected chi connectivity index (χ0v) is 18.7. The van der Waals surface area contributed by atoms with Gasteiger partial charge in [-0.3, -0.25) is 4.99 Å². The lowest BCUT2D eigenvalue weighted by molar-refractivity contribution is 0.0277. The third kappa shape index (κ3) is 8.58. The van der Waals surface area contributed by atoms with Gasteiger partial charge in [-0.2, -0.15) is 0 Å². The van der Waals surface area contributed by atoms with Crippen molar-refractivity contribution >= 4 is 29.9 Å². The molecule has 1 aromatic carbocycles. The highest BCUT2D eigenvalue weighted by atomic mass is 127. The summed E-state index contributed by atoms with van der Waals surface area (Å²) in [7, 11) is 3.49. The van der Waals surface area contributed by atoms with Gasteiger partial charge >= 0.3 is 0 Å². The first-order chi connectivity index (χ1) is 12.2. The Morgan fingerprint density at radius 3 is 2.62 bits per heavy atom. The van der Waals surface area contributed by atoms with E-state index in [-0.39, 0.29) is 24.0 Å². The molecule has 0 heterocycles. The molecule has 26 heavy (non-hydrogen) atoms. The van der Waals surface area contributed by atoms with Crippen molar-refractivity contribution in [2.75, 3.05) is 27.3 Å². The van der Waals surface area contributed by atoms with Crippen LogP contribution < -0.4 is 15.4 Å². The van der Waals surface area contributed by atoms with Gasteiger partial charge in [-0.15, -0.1) is 24.0 Å². The zero-order valence-electron chi connectivity index (χ0n) is 16.3. The number of guanidine groups is 1. The summed E-state index contributed by atoms with van der Waals surface area (Å²) >= 11 is 0. The number of hydrogen-bond acceptors (Lipinski definition) is 3. The molecule has 1 fully saturated rings. The van der Waals surface area contributed by atoms with E-state index in [0.29, 0.717) is 6.10 Å². The summed E-state index contributed by atoms with van der Waals surface area (Å²) < 4.78 is 11.3. The van der Waals surface area contributed by atoms with E-state index in [4.69, 9.17) is 9.47 Å². The maximum Gasteiger partial charge on any atom is 0.191 e. The van der Waals surface area contributed by atoms with E-state index >= 15 is 0 Å². The first kappa shape index (κ1) is 23.0. The van der Waals surface area contributed by atoms with Crippen LogP contribution in [0, 0.1) is 6.92 Å². The molecule has 0 spiro atoms. The average Bonchev–Trinajstić information content (AvgIpc) is 2.64. The smallest absolute Gasteiger partial charge is 0.191 e. The van der Waals surface area contributed by atoms with Crippen molar-refractivity contribution in [3.8, 4) is 5.75 Å². The van der Waals surface area contributed by atoms with Gasteiger partial charge in [0.25, 0.3) is 0 Å². The zero-order chi connectivity index (χ0) is 17.9. The highest BCUT2D eigenvalue weighted by Crippen LogP contribution is 2.20. The van der Waals surface area contributed by atoms with Crippen LogP contribution in [0.3, 0.4) is 0 Å². The molecule has 1 saturated carbocycles. The second kappa shape index (κ2) is 13.2. The number of nitrogens with zero attached hydrogens (tertiary/aromatic N) is 1. The highest BCUT2D eigenvalue weighted by Gasteiger charge is 2.12. The molecule has 0 bridgehead atoms. The lowest BCUT2D eigenvalue weighted by Crippen LogP contribution is -2.37. The summed E-state index contributed by atoms with van der Waals surface area (Å²) in [6.45, 7) is 4.48. The molecular formula is C20H34IN3O2. The fourth-order valence-electron chi connectivity index (χ4n) is 3.21. The average molecular weight is 475 g/mol. The van der Waals surface area contributed by atoms with Crippen molar-refractivity contribution in [3.05, 3.63) is 29.3 Å². The van der Waals surface area contributed by atoms with E-state index in [1.165, 1.54) is 43.2 Å². The third-order valence-corrected chi connectivity index (χ3v) is 4.55. The Kier molecular flexibility index (Phi) is 11.7. The first-order valence-electron chi connectivity index (χ1n) is 9.42. The van der Waals surface area contributed by atoms with Crippen LogP contribution in [-0.2, 0) is 11.3 Å². The molecule has 0 amide bonds. The Balaban J connectivity index is 0.00000338. The quantitative estimate of drug-likeness (QED) is 0.258. The number of rotatable bonds is 8. The molecule has 0 atom stereocenters. The lowest BCUT2D eigenvalue weighted by Gasteiger charge is -2.22. The number of ether oxygens (including phenoxy) is 2. The molecule has 1 aliphatic rings. The number of aryl methyl sites for hydroxylation is 1. The molecule has 6 heteroatoms. The minimum atomic E-state index is 0. The van der Waals surface area contributed by atoms with Crippen LogP contribution in [0.1, 0.15) is 49.7 Å². The summed E-state index contributed by atoms with van der Waals surface area (Å²) in [5, 5.41) is 6.70. The van der Waals surface area contributed by atoms with Crippen LogP contribution in [0.4, 0.5) is 0 Å². The lowest BCUT2D eigenvalue weighted by atomic mass is 9.98. The van der Waals surface area contributed by atoms with Crippen LogP contribution in [-0.4, -0.2) is 39.4 Å². The number of aliphatic imine (C=N–C) groups is 1. The molecule has 0 unspecified atom stereocenters. The van der Waals surface area contributed by atoms with Crippen molar-refractivity contribution in [3.63, 3.8) is 0 Å². The van der Waals surface area contributed by atoms with Crippen LogP contribution in [0.25, 0.3) is 0 Å². The van der Waals surface area contributed by atoms with Gasteiger partial charge in [0.1, 0.15) is 5.75 Å². The van der Waals surface area contributed by atoms with E-state index in [1.807, 2.05) is 12.1 Å². The monoisotopic (exact) mass is 475 g/mol. The fraction of sp³-hybridized carbons (Fsp3) is 0.650. The Hall–Kier alpha value is -1.02. The Morgan fingerprint density at radius 2 is 1.92 bits per heavy atom. The molecule has 0 radical (unpaired) electrons. The summed E-state index contributed by atoms with van der Waals surface area (Å²) in [6.07, 6.45) is 7.97. The van der Waals surface area contributed by atoms with Crippen molar-refractivity contribution in [1.29, 1.82) is 0 Å². The molecule has 1 aliphatic carbocycles. The second-order valence-electron chi connectivity index (χ2n) is 6.70. The number of hydrogen-bond donors (Lipinski definition) is 2. The predicted octanol–water partition coefficient (Wildman–Crippen LogP) is 4.03. The molecule has 148 valence electrons. The van der Waals surface area contributed by atoms with Gasteiger partial charge in [0.05, 0.1) is 13.2 Å². The van der Waals surface area contributed by atoms with E-state index in [2.05, 4.69) is 28.6 Å². The normalized spacial score (nSPS) is 15.3. The second-order valence-corrected chi connectivity index (χ2v) is 6.70. The van der Waals surface area contributed by atoms with Crippen molar-refractivity contribution in [2.45, 2.75) is 58.1 Å².